The number of rotatable bonds is 7. The number of hydrogen-bond donors (Lipinski definition) is 1. The first kappa shape index (κ1) is 19.6. The quantitative estimate of drug-likeness (QED) is 0.713. The van der Waals surface area contributed by atoms with Crippen molar-refractivity contribution in [2.24, 2.45) is 5.92 Å². The topological polar surface area (TPSA) is 98.3 Å². The lowest BCUT2D eigenvalue weighted by atomic mass is 10.2. The first-order valence-electron chi connectivity index (χ1n) is 7.48. The molecule has 0 saturated heterocycles. The van der Waals surface area contributed by atoms with Crippen molar-refractivity contribution in [2.75, 3.05) is 11.3 Å². The zero-order valence-corrected chi connectivity index (χ0v) is 16.3. The van der Waals surface area contributed by atoms with Gasteiger partial charge in [-0.25, -0.2) is 13.4 Å². The molecule has 1 aromatic heterocycles. The Morgan fingerprint density at radius 3 is 2.80 bits per heavy atom. The zero-order chi connectivity index (χ0) is 18.6. The van der Waals surface area contributed by atoms with Crippen molar-refractivity contribution >= 4 is 44.3 Å². The minimum atomic E-state index is -3.81. The van der Waals surface area contributed by atoms with Gasteiger partial charge in [0.2, 0.25) is 5.13 Å². The van der Waals surface area contributed by atoms with Gasteiger partial charge in [0.25, 0.3) is 10.0 Å². The highest BCUT2D eigenvalue weighted by Gasteiger charge is 2.20. The fourth-order valence-electron chi connectivity index (χ4n) is 1.86. The number of sulfonamides is 1. The van der Waals surface area contributed by atoms with Crippen LogP contribution in [-0.2, 0) is 26.0 Å². The van der Waals surface area contributed by atoms with Crippen LogP contribution in [-0.4, -0.2) is 30.4 Å². The predicted octanol–water partition coefficient (Wildman–Crippen LogP) is 3.04. The van der Waals surface area contributed by atoms with E-state index in [4.69, 9.17) is 16.3 Å². The molecule has 1 N–H and O–H groups in total. The Balaban J connectivity index is 2.03. The van der Waals surface area contributed by atoms with Gasteiger partial charge < -0.3 is 4.74 Å². The minimum absolute atomic E-state index is 0.0858. The van der Waals surface area contributed by atoms with Crippen molar-refractivity contribution in [2.45, 2.75) is 32.1 Å². The van der Waals surface area contributed by atoms with Crippen LogP contribution < -0.4 is 4.72 Å². The molecule has 0 atom stereocenters. The van der Waals surface area contributed by atoms with E-state index in [1.807, 2.05) is 0 Å². The van der Waals surface area contributed by atoms with E-state index >= 15 is 0 Å². The molecule has 7 nitrogen and oxygen atoms in total. The lowest BCUT2D eigenvalue weighted by Crippen LogP contribution is -2.15. The van der Waals surface area contributed by atoms with Gasteiger partial charge in [-0.05, 0) is 24.6 Å². The molecule has 0 saturated carbocycles. The summed E-state index contributed by atoms with van der Waals surface area (Å²) < 4.78 is 36.4. The SMILES string of the molecule is Cc1c(Cl)cccc1S(=O)(=O)Nc1nc(CCOC(=O)C(C)C)ns1. The molecule has 10 heteroatoms. The number of anilines is 1. The lowest BCUT2D eigenvalue weighted by Gasteiger charge is -2.08. The maximum Gasteiger partial charge on any atom is 0.308 e. The average Bonchev–Trinajstić information content (AvgIpc) is 2.96. The number of nitrogens with one attached hydrogen (secondary N) is 1. The van der Waals surface area contributed by atoms with E-state index < -0.39 is 10.0 Å². The normalized spacial score (nSPS) is 11.6. The smallest absolute Gasteiger partial charge is 0.308 e. The van der Waals surface area contributed by atoms with E-state index in [1.165, 1.54) is 6.07 Å². The summed E-state index contributed by atoms with van der Waals surface area (Å²) in [4.78, 5) is 15.6. The third kappa shape index (κ3) is 5.13. The highest BCUT2D eigenvalue weighted by molar-refractivity contribution is 7.93. The molecule has 0 fully saturated rings. The van der Waals surface area contributed by atoms with Gasteiger partial charge in [0.15, 0.2) is 0 Å². The van der Waals surface area contributed by atoms with Crippen LogP contribution >= 0.6 is 23.1 Å². The molecule has 0 amide bonds. The Hall–Kier alpha value is -1.71. The molecule has 136 valence electrons. The second-order valence-electron chi connectivity index (χ2n) is 5.56. The lowest BCUT2D eigenvalue weighted by molar-refractivity contribution is -0.147. The van der Waals surface area contributed by atoms with Crippen molar-refractivity contribution in [1.82, 2.24) is 9.36 Å². The molecule has 0 spiro atoms. The first-order chi connectivity index (χ1) is 11.7. The standard InChI is InChI=1S/C15H18ClN3O4S2/c1-9(2)14(20)23-8-7-13-17-15(24-18-13)19-25(21,22)12-6-4-5-11(16)10(12)3/h4-6,9H,7-8H2,1-3H3,(H,17,18,19). The fourth-order valence-corrected chi connectivity index (χ4v) is 4.19. The molecular weight excluding hydrogens is 386 g/mol. The van der Waals surface area contributed by atoms with Crippen LogP contribution in [0.4, 0.5) is 5.13 Å². The van der Waals surface area contributed by atoms with Crippen LogP contribution in [0.2, 0.25) is 5.02 Å². The van der Waals surface area contributed by atoms with Gasteiger partial charge in [-0.2, -0.15) is 4.37 Å². The molecule has 0 aliphatic carbocycles. The number of carbonyl (C=O) groups excluding carboxylic acids is 1. The first-order valence-corrected chi connectivity index (χ1v) is 10.1. The van der Waals surface area contributed by atoms with E-state index in [9.17, 15) is 13.2 Å². The number of halogens is 1. The number of nitrogens with zero attached hydrogens (tertiary/aromatic N) is 2. The van der Waals surface area contributed by atoms with Crippen LogP contribution in [0.5, 0.6) is 0 Å². The highest BCUT2D eigenvalue weighted by atomic mass is 35.5. The second kappa shape index (κ2) is 8.11. The van der Waals surface area contributed by atoms with Gasteiger partial charge in [0.1, 0.15) is 5.82 Å². The van der Waals surface area contributed by atoms with Crippen molar-refractivity contribution in [3.63, 3.8) is 0 Å². The second-order valence-corrected chi connectivity index (χ2v) is 8.37. The van der Waals surface area contributed by atoms with Crippen molar-refractivity contribution in [3.05, 3.63) is 34.6 Å². The van der Waals surface area contributed by atoms with E-state index in [-0.39, 0.29) is 28.5 Å². The van der Waals surface area contributed by atoms with Crippen LogP contribution in [0, 0.1) is 12.8 Å². The van der Waals surface area contributed by atoms with Crippen molar-refractivity contribution in [1.29, 1.82) is 0 Å². The molecule has 0 radical (unpaired) electrons. The fraction of sp³-hybridized carbons (Fsp3) is 0.400. The van der Waals surface area contributed by atoms with Gasteiger partial charge >= 0.3 is 5.97 Å². The van der Waals surface area contributed by atoms with Crippen molar-refractivity contribution in [3.8, 4) is 0 Å². The Labute approximate surface area is 155 Å². The number of benzene rings is 1. The number of carbonyl (C=O) groups is 1. The number of ether oxygens (including phenoxy) is 1. The summed E-state index contributed by atoms with van der Waals surface area (Å²) in [5.41, 5.74) is 0.460. The monoisotopic (exact) mass is 403 g/mol. The molecule has 0 bridgehead atoms. The molecular formula is C15H18ClN3O4S2. The molecule has 1 heterocycles. The molecule has 0 aliphatic heterocycles. The van der Waals surface area contributed by atoms with E-state index in [2.05, 4.69) is 14.1 Å². The van der Waals surface area contributed by atoms with Crippen LogP contribution in [0.15, 0.2) is 23.1 Å². The van der Waals surface area contributed by atoms with Gasteiger partial charge in [-0.3, -0.25) is 9.52 Å². The summed E-state index contributed by atoms with van der Waals surface area (Å²) in [6.07, 6.45) is 0.312. The Bertz CT molecular complexity index is 865. The summed E-state index contributed by atoms with van der Waals surface area (Å²) in [7, 11) is -3.81. The molecule has 25 heavy (non-hydrogen) atoms. The minimum Gasteiger partial charge on any atom is -0.465 e. The average molecular weight is 404 g/mol. The summed E-state index contributed by atoms with van der Waals surface area (Å²) in [5, 5.41) is 0.511. The largest absolute Gasteiger partial charge is 0.465 e. The Morgan fingerprint density at radius 1 is 1.40 bits per heavy atom. The molecule has 0 aliphatic rings. The molecule has 2 rings (SSSR count). The van der Waals surface area contributed by atoms with Gasteiger partial charge in [-0.1, -0.05) is 31.5 Å². The summed E-state index contributed by atoms with van der Waals surface area (Å²) in [6.45, 7) is 5.26. The third-order valence-electron chi connectivity index (χ3n) is 3.24. The number of esters is 1. The third-order valence-corrected chi connectivity index (χ3v) is 5.93. The van der Waals surface area contributed by atoms with Crippen molar-refractivity contribution < 1.29 is 17.9 Å². The Kier molecular flexibility index (Phi) is 6.36. The van der Waals surface area contributed by atoms with E-state index in [1.54, 1.807) is 32.9 Å². The molecule has 2 aromatic rings. The predicted molar refractivity (Wildman–Crippen MR) is 96.4 cm³/mol. The van der Waals surface area contributed by atoms with Gasteiger partial charge in [-0.15, -0.1) is 0 Å². The highest BCUT2D eigenvalue weighted by Crippen LogP contribution is 2.25. The summed E-state index contributed by atoms with van der Waals surface area (Å²) >= 11 is 6.89. The molecule has 1 aromatic carbocycles. The van der Waals surface area contributed by atoms with Gasteiger partial charge in [0, 0.05) is 23.0 Å². The maximum atomic E-state index is 12.5. The summed E-state index contributed by atoms with van der Waals surface area (Å²) in [6, 6.07) is 4.66. The van der Waals surface area contributed by atoms with E-state index in [0.29, 0.717) is 22.8 Å². The molecule has 0 unspecified atom stereocenters. The number of hydrogen-bond acceptors (Lipinski definition) is 7. The van der Waals surface area contributed by atoms with E-state index in [0.717, 1.165) is 11.5 Å². The van der Waals surface area contributed by atoms with Crippen LogP contribution in [0.1, 0.15) is 25.2 Å². The summed E-state index contributed by atoms with van der Waals surface area (Å²) in [5.74, 6) is -0.0960. The van der Waals surface area contributed by atoms with Gasteiger partial charge in [0.05, 0.1) is 17.4 Å². The number of aromatic nitrogens is 2. The Morgan fingerprint density at radius 2 is 2.12 bits per heavy atom. The van der Waals surface area contributed by atoms with Crippen LogP contribution in [0.3, 0.4) is 0 Å². The maximum absolute atomic E-state index is 12.5. The zero-order valence-electron chi connectivity index (χ0n) is 13.9. The van der Waals surface area contributed by atoms with Crippen LogP contribution in [0.25, 0.3) is 0 Å².